The first-order chi connectivity index (χ1) is 19.9. The molecule has 0 saturated heterocycles. The van der Waals surface area contributed by atoms with Crippen molar-refractivity contribution in [3.05, 3.63) is 138 Å². The summed E-state index contributed by atoms with van der Waals surface area (Å²) < 4.78 is 0. The van der Waals surface area contributed by atoms with E-state index in [1.807, 2.05) is 0 Å². The lowest BCUT2D eigenvalue weighted by Gasteiger charge is -2.19. The highest BCUT2D eigenvalue weighted by Crippen LogP contribution is 2.18. The van der Waals surface area contributed by atoms with E-state index in [9.17, 15) is 0 Å². The number of H-pyrrole nitrogens is 1. The summed E-state index contributed by atoms with van der Waals surface area (Å²) in [6.07, 6.45) is 9.16. The molecular formula is C34H43N7. The molecule has 1 aromatic heterocycles. The van der Waals surface area contributed by atoms with Gasteiger partial charge < -0.3 is 32.8 Å². The molecule has 0 spiro atoms. The topological polar surface area (TPSA) is 131 Å². The average Bonchev–Trinajstić information content (AvgIpc) is 3.51. The minimum atomic E-state index is -0.206. The lowest BCUT2D eigenvalue weighted by molar-refractivity contribution is 0.650. The van der Waals surface area contributed by atoms with Gasteiger partial charge in [-0.3, -0.25) is 0 Å². The van der Waals surface area contributed by atoms with Crippen LogP contribution in [0, 0.1) is 0 Å². The number of fused-ring (bicyclic) bond motifs is 1. The van der Waals surface area contributed by atoms with Gasteiger partial charge in [-0.25, -0.2) is 4.98 Å². The first-order valence-corrected chi connectivity index (χ1v) is 14.2. The van der Waals surface area contributed by atoms with Gasteiger partial charge in [-0.05, 0) is 65.4 Å². The molecule has 2 atom stereocenters. The predicted molar refractivity (Wildman–Crippen MR) is 171 cm³/mol. The molecule has 4 aromatic rings. The Balaban J connectivity index is 1.16. The normalized spacial score (nSPS) is 13.1. The standard InChI is InChI=1S/C34H43N7/c1-24(34(37)19-32-22-38-23-41-32)39-16-15-27-9-7-26(8-10-27)11-12-28(20-35)18-33(36)25(2)40-21-29-13-14-30-5-3-4-6-31(30)17-29/h3-10,13-14,17,20,22-23,33-34,39-40H,1-2,11-12,15-16,18-19,21,35-37H2,(H,38,41)/b28-20+. The molecule has 0 amide bonds. The minimum Gasteiger partial charge on any atom is -0.405 e. The summed E-state index contributed by atoms with van der Waals surface area (Å²) in [7, 11) is 0. The van der Waals surface area contributed by atoms with E-state index in [4.69, 9.17) is 17.2 Å². The first-order valence-electron chi connectivity index (χ1n) is 14.2. The van der Waals surface area contributed by atoms with Crippen LogP contribution in [-0.2, 0) is 25.8 Å². The smallest absolute Gasteiger partial charge is 0.0921 e. The minimum absolute atomic E-state index is 0.159. The third kappa shape index (κ3) is 9.10. The monoisotopic (exact) mass is 549 g/mol. The van der Waals surface area contributed by atoms with Gasteiger partial charge in [0.2, 0.25) is 0 Å². The number of rotatable bonds is 16. The third-order valence-corrected chi connectivity index (χ3v) is 7.46. The number of nitrogens with two attached hydrogens (primary N) is 3. The Hall–Kier alpha value is -4.33. The maximum absolute atomic E-state index is 6.47. The highest BCUT2D eigenvalue weighted by molar-refractivity contribution is 5.82. The Morgan fingerprint density at radius 2 is 1.54 bits per heavy atom. The van der Waals surface area contributed by atoms with E-state index < -0.39 is 0 Å². The molecular weight excluding hydrogens is 506 g/mol. The molecule has 0 saturated carbocycles. The molecule has 0 aliphatic heterocycles. The molecule has 2 unspecified atom stereocenters. The van der Waals surface area contributed by atoms with Gasteiger partial charge in [-0.15, -0.1) is 0 Å². The lowest BCUT2D eigenvalue weighted by Crippen LogP contribution is -2.33. The summed E-state index contributed by atoms with van der Waals surface area (Å²) >= 11 is 0. The summed E-state index contributed by atoms with van der Waals surface area (Å²) in [6, 6.07) is 23.2. The van der Waals surface area contributed by atoms with Crippen molar-refractivity contribution < 1.29 is 0 Å². The second-order valence-electron chi connectivity index (χ2n) is 10.6. The molecule has 7 heteroatoms. The fourth-order valence-electron chi connectivity index (χ4n) is 4.79. The molecule has 0 aliphatic rings. The molecule has 41 heavy (non-hydrogen) atoms. The van der Waals surface area contributed by atoms with Crippen molar-refractivity contribution in [3.63, 3.8) is 0 Å². The number of aryl methyl sites for hydroxylation is 1. The third-order valence-electron chi connectivity index (χ3n) is 7.46. The molecule has 0 fully saturated rings. The summed E-state index contributed by atoms with van der Waals surface area (Å²) in [4.78, 5) is 7.11. The van der Waals surface area contributed by atoms with Crippen molar-refractivity contribution in [1.82, 2.24) is 20.6 Å². The largest absolute Gasteiger partial charge is 0.405 e. The zero-order chi connectivity index (χ0) is 29.0. The summed E-state index contributed by atoms with van der Waals surface area (Å²) in [6.45, 7) is 9.74. The van der Waals surface area contributed by atoms with E-state index in [2.05, 4.69) is 100 Å². The Morgan fingerprint density at radius 3 is 2.24 bits per heavy atom. The number of imidazole rings is 1. The lowest BCUT2D eigenvalue weighted by atomic mass is 9.98. The Morgan fingerprint density at radius 1 is 0.854 bits per heavy atom. The van der Waals surface area contributed by atoms with Crippen LogP contribution in [-0.4, -0.2) is 28.6 Å². The molecule has 4 rings (SSSR count). The highest BCUT2D eigenvalue weighted by Gasteiger charge is 2.11. The van der Waals surface area contributed by atoms with Crippen LogP contribution in [0.2, 0.25) is 0 Å². The van der Waals surface area contributed by atoms with Crippen LogP contribution in [0.3, 0.4) is 0 Å². The Kier molecular flexibility index (Phi) is 10.8. The molecule has 9 N–H and O–H groups in total. The van der Waals surface area contributed by atoms with Gasteiger partial charge in [0.1, 0.15) is 0 Å². The Bertz CT molecular complexity index is 1440. The highest BCUT2D eigenvalue weighted by atomic mass is 14.9. The summed E-state index contributed by atoms with van der Waals surface area (Å²) in [5.41, 5.74) is 26.2. The van der Waals surface area contributed by atoms with E-state index in [0.29, 0.717) is 19.4 Å². The van der Waals surface area contributed by atoms with Gasteiger partial charge in [0.15, 0.2) is 0 Å². The number of hydrogen-bond donors (Lipinski definition) is 6. The van der Waals surface area contributed by atoms with Crippen molar-refractivity contribution in [2.75, 3.05) is 6.54 Å². The average molecular weight is 550 g/mol. The van der Waals surface area contributed by atoms with Crippen LogP contribution < -0.4 is 27.8 Å². The number of aromatic amines is 1. The number of benzene rings is 3. The van der Waals surface area contributed by atoms with Gasteiger partial charge in [-0.2, -0.15) is 0 Å². The number of hydrogen-bond acceptors (Lipinski definition) is 6. The van der Waals surface area contributed by atoms with Crippen LogP contribution in [0.25, 0.3) is 10.8 Å². The van der Waals surface area contributed by atoms with Crippen molar-refractivity contribution in [3.8, 4) is 0 Å². The molecule has 1 heterocycles. The zero-order valence-corrected chi connectivity index (χ0v) is 23.8. The SMILES string of the molecule is C=C(NCc1ccc2ccccc2c1)C(N)C/C(=C/N)CCc1ccc(CCNC(=C)C(N)Cc2cnc[nH]2)cc1. The Labute approximate surface area is 243 Å². The van der Waals surface area contributed by atoms with Crippen molar-refractivity contribution in [2.24, 2.45) is 17.2 Å². The van der Waals surface area contributed by atoms with Crippen LogP contribution in [0.4, 0.5) is 0 Å². The van der Waals surface area contributed by atoms with E-state index in [1.54, 1.807) is 18.7 Å². The van der Waals surface area contributed by atoms with Gasteiger partial charge in [0.25, 0.3) is 0 Å². The molecule has 0 bridgehead atoms. The maximum Gasteiger partial charge on any atom is 0.0921 e. The number of aromatic nitrogens is 2. The van der Waals surface area contributed by atoms with E-state index in [1.165, 1.54) is 27.5 Å². The maximum atomic E-state index is 6.47. The van der Waals surface area contributed by atoms with Gasteiger partial charge >= 0.3 is 0 Å². The molecule has 3 aromatic carbocycles. The van der Waals surface area contributed by atoms with E-state index in [-0.39, 0.29) is 12.1 Å². The van der Waals surface area contributed by atoms with E-state index in [0.717, 1.165) is 48.5 Å². The quantitative estimate of drug-likeness (QED) is 0.121. The summed E-state index contributed by atoms with van der Waals surface area (Å²) in [5, 5.41) is 9.23. The van der Waals surface area contributed by atoms with Crippen LogP contribution >= 0.6 is 0 Å². The van der Waals surface area contributed by atoms with Crippen molar-refractivity contribution in [1.29, 1.82) is 0 Å². The second-order valence-corrected chi connectivity index (χ2v) is 10.6. The number of nitrogens with one attached hydrogen (secondary N) is 3. The van der Waals surface area contributed by atoms with Crippen molar-refractivity contribution in [2.45, 2.75) is 50.7 Å². The molecule has 214 valence electrons. The van der Waals surface area contributed by atoms with Gasteiger partial charge in [0, 0.05) is 54.9 Å². The molecule has 0 radical (unpaired) electrons. The first kappa shape index (κ1) is 29.6. The van der Waals surface area contributed by atoms with Crippen molar-refractivity contribution >= 4 is 10.8 Å². The van der Waals surface area contributed by atoms with E-state index >= 15 is 0 Å². The van der Waals surface area contributed by atoms with Crippen LogP contribution in [0.1, 0.15) is 35.2 Å². The predicted octanol–water partition coefficient (Wildman–Crippen LogP) is 4.57. The summed E-state index contributed by atoms with van der Waals surface area (Å²) in [5.74, 6) is 0. The van der Waals surface area contributed by atoms with Crippen LogP contribution in [0.5, 0.6) is 0 Å². The molecule has 0 aliphatic carbocycles. The number of nitrogens with zero attached hydrogens (tertiary/aromatic N) is 1. The molecule has 7 nitrogen and oxygen atoms in total. The van der Waals surface area contributed by atoms with Gasteiger partial charge in [-0.1, -0.05) is 79.4 Å². The fourth-order valence-corrected chi connectivity index (χ4v) is 4.79. The van der Waals surface area contributed by atoms with Gasteiger partial charge in [0.05, 0.1) is 6.33 Å². The second kappa shape index (κ2) is 14.9. The fraction of sp³-hybridized carbons (Fsp3) is 0.265. The van der Waals surface area contributed by atoms with Crippen LogP contribution in [0.15, 0.2) is 116 Å². The zero-order valence-electron chi connectivity index (χ0n) is 23.8.